The van der Waals surface area contributed by atoms with Crippen molar-refractivity contribution in [3.63, 3.8) is 0 Å². The van der Waals surface area contributed by atoms with Crippen molar-refractivity contribution in [3.05, 3.63) is 95.8 Å². The Morgan fingerprint density at radius 2 is 1.74 bits per heavy atom. The molecule has 0 spiro atoms. The molecule has 0 aliphatic carbocycles. The van der Waals surface area contributed by atoms with Crippen LogP contribution in [0.4, 0.5) is 5.69 Å². The minimum atomic E-state index is -1.03. The molecule has 3 heterocycles. The van der Waals surface area contributed by atoms with Crippen molar-refractivity contribution < 1.29 is 29.3 Å². The van der Waals surface area contributed by atoms with E-state index >= 15 is 0 Å². The number of hydrogen-bond donors (Lipinski definition) is 2. The van der Waals surface area contributed by atoms with Gasteiger partial charge in [-0.1, -0.05) is 36.4 Å². The summed E-state index contributed by atoms with van der Waals surface area (Å²) in [6.45, 7) is 1.22. The lowest BCUT2D eigenvalue weighted by Gasteiger charge is -2.41. The first-order chi connectivity index (χ1) is 18.5. The van der Waals surface area contributed by atoms with E-state index in [0.717, 1.165) is 11.1 Å². The number of nitrogens with zero attached hydrogens (tertiary/aromatic N) is 3. The SMILES string of the molecule is O=C(O)[C@H]1c2ccccc2C(=O)N(c2ccc(-c3cnn(CCO)c3)cc2)[C@@H]1c1ccc2c(c1)OCCO2. The molecule has 9 nitrogen and oxygen atoms in total. The number of anilines is 1. The molecule has 0 fully saturated rings. The largest absolute Gasteiger partial charge is 0.486 e. The summed E-state index contributed by atoms with van der Waals surface area (Å²) >= 11 is 0. The number of fused-ring (bicyclic) bond motifs is 2. The predicted molar refractivity (Wildman–Crippen MR) is 139 cm³/mol. The van der Waals surface area contributed by atoms with E-state index in [2.05, 4.69) is 5.10 Å². The molecule has 1 amide bonds. The highest BCUT2D eigenvalue weighted by atomic mass is 16.6. The minimum Gasteiger partial charge on any atom is -0.486 e. The zero-order chi connectivity index (χ0) is 26.2. The number of aliphatic carboxylic acids is 1. The van der Waals surface area contributed by atoms with Crippen LogP contribution in [0, 0.1) is 0 Å². The van der Waals surface area contributed by atoms with Crippen LogP contribution in [0.5, 0.6) is 11.5 Å². The van der Waals surface area contributed by atoms with Crippen LogP contribution in [0.25, 0.3) is 11.1 Å². The minimum absolute atomic E-state index is 0.00933. The summed E-state index contributed by atoms with van der Waals surface area (Å²) in [6, 6.07) is 18.8. The highest BCUT2D eigenvalue weighted by molar-refractivity contribution is 6.11. The molecular weight excluding hydrogens is 486 g/mol. The summed E-state index contributed by atoms with van der Waals surface area (Å²) in [5.74, 6) is -1.18. The fraction of sp³-hybridized carbons (Fsp3) is 0.207. The van der Waals surface area contributed by atoms with Crippen LogP contribution < -0.4 is 14.4 Å². The maximum Gasteiger partial charge on any atom is 0.313 e. The van der Waals surface area contributed by atoms with Gasteiger partial charge in [0.15, 0.2) is 11.5 Å². The molecule has 6 rings (SSSR count). The Hall–Kier alpha value is -4.63. The van der Waals surface area contributed by atoms with Crippen LogP contribution in [0.3, 0.4) is 0 Å². The third kappa shape index (κ3) is 4.06. The van der Waals surface area contributed by atoms with Crippen LogP contribution in [0.2, 0.25) is 0 Å². The maximum atomic E-state index is 13.9. The Bertz CT molecular complexity index is 1510. The second kappa shape index (κ2) is 9.68. The number of hydrogen-bond acceptors (Lipinski definition) is 6. The number of carbonyl (C=O) groups excluding carboxylic acids is 1. The van der Waals surface area contributed by atoms with E-state index in [0.29, 0.717) is 53.6 Å². The average molecular weight is 512 g/mol. The highest BCUT2D eigenvalue weighted by Crippen LogP contribution is 2.47. The van der Waals surface area contributed by atoms with Crippen molar-refractivity contribution in [1.29, 1.82) is 0 Å². The first-order valence-corrected chi connectivity index (χ1v) is 12.3. The van der Waals surface area contributed by atoms with E-state index in [9.17, 15) is 14.7 Å². The normalized spacial score (nSPS) is 18.2. The molecule has 2 aliphatic rings. The summed E-state index contributed by atoms with van der Waals surface area (Å²) in [7, 11) is 0. The second-order valence-electron chi connectivity index (χ2n) is 9.19. The number of rotatable bonds is 6. The van der Waals surface area contributed by atoms with Crippen LogP contribution in [-0.4, -0.2) is 51.7 Å². The molecule has 2 atom stereocenters. The number of amides is 1. The zero-order valence-electron chi connectivity index (χ0n) is 20.4. The fourth-order valence-corrected chi connectivity index (χ4v) is 5.22. The molecule has 2 N–H and O–H groups in total. The third-order valence-corrected chi connectivity index (χ3v) is 6.95. The number of aliphatic hydroxyl groups excluding tert-OH is 1. The van der Waals surface area contributed by atoms with Gasteiger partial charge >= 0.3 is 5.97 Å². The lowest BCUT2D eigenvalue weighted by Crippen LogP contribution is -2.45. The number of aromatic nitrogens is 2. The van der Waals surface area contributed by atoms with Gasteiger partial charge < -0.3 is 19.7 Å². The van der Waals surface area contributed by atoms with Gasteiger partial charge in [0.05, 0.1) is 25.4 Å². The molecule has 4 aromatic rings. The molecule has 0 saturated carbocycles. The van der Waals surface area contributed by atoms with Gasteiger partial charge in [-0.2, -0.15) is 5.10 Å². The summed E-state index contributed by atoms with van der Waals surface area (Å²) in [6.07, 6.45) is 3.55. The van der Waals surface area contributed by atoms with Crippen LogP contribution in [0.1, 0.15) is 33.4 Å². The zero-order valence-corrected chi connectivity index (χ0v) is 20.4. The number of carboxylic acids is 1. The first kappa shape index (κ1) is 23.7. The van der Waals surface area contributed by atoms with Crippen molar-refractivity contribution in [1.82, 2.24) is 9.78 Å². The van der Waals surface area contributed by atoms with Gasteiger partial charge in [-0.25, -0.2) is 0 Å². The number of benzene rings is 3. The molecule has 9 heteroatoms. The third-order valence-electron chi connectivity index (χ3n) is 6.95. The Balaban J connectivity index is 1.46. The van der Waals surface area contributed by atoms with Gasteiger partial charge in [0, 0.05) is 23.0 Å². The molecule has 0 radical (unpaired) electrons. The van der Waals surface area contributed by atoms with Crippen LogP contribution in [0.15, 0.2) is 79.1 Å². The average Bonchev–Trinajstić information content (AvgIpc) is 3.41. The molecule has 2 aliphatic heterocycles. The first-order valence-electron chi connectivity index (χ1n) is 12.3. The molecule has 38 heavy (non-hydrogen) atoms. The van der Waals surface area contributed by atoms with E-state index in [1.54, 1.807) is 58.2 Å². The second-order valence-corrected chi connectivity index (χ2v) is 9.19. The Morgan fingerprint density at radius 3 is 2.50 bits per heavy atom. The number of ether oxygens (including phenoxy) is 2. The standard InChI is InChI=1S/C29H25N3O6/c33-12-11-31-17-20(16-30-31)18-5-8-21(9-6-18)32-27(19-7-10-24-25(15-19)38-14-13-37-24)26(29(35)36)22-3-1-2-4-23(22)28(32)34/h1-10,15-17,26-27,33H,11-14H2,(H,35,36)/t26-,27+/m0/s1. The van der Waals surface area contributed by atoms with Gasteiger partial charge in [-0.05, 0) is 47.0 Å². The van der Waals surface area contributed by atoms with Crippen molar-refractivity contribution in [3.8, 4) is 22.6 Å². The van der Waals surface area contributed by atoms with E-state index in [4.69, 9.17) is 14.6 Å². The van der Waals surface area contributed by atoms with Crippen molar-refractivity contribution in [2.45, 2.75) is 18.5 Å². The summed E-state index contributed by atoms with van der Waals surface area (Å²) < 4.78 is 13.1. The Labute approximate surface area is 218 Å². The smallest absolute Gasteiger partial charge is 0.313 e. The highest BCUT2D eigenvalue weighted by Gasteiger charge is 2.45. The number of aliphatic hydroxyl groups is 1. The molecule has 0 saturated heterocycles. The maximum absolute atomic E-state index is 13.9. The van der Waals surface area contributed by atoms with Gasteiger partial charge in [-0.3, -0.25) is 19.2 Å². The molecular formula is C29H25N3O6. The van der Waals surface area contributed by atoms with Crippen LogP contribution in [-0.2, 0) is 11.3 Å². The fourth-order valence-electron chi connectivity index (χ4n) is 5.22. The Kier molecular flexibility index (Phi) is 6.05. The van der Waals surface area contributed by atoms with Gasteiger partial charge in [0.1, 0.15) is 19.1 Å². The van der Waals surface area contributed by atoms with Gasteiger partial charge in [0.25, 0.3) is 5.91 Å². The summed E-state index contributed by atoms with van der Waals surface area (Å²) in [5, 5.41) is 23.8. The van der Waals surface area contributed by atoms with E-state index < -0.39 is 17.9 Å². The number of carboxylic acid groups (broad SMARTS) is 1. The summed E-state index contributed by atoms with van der Waals surface area (Å²) in [4.78, 5) is 28.2. The quantitative estimate of drug-likeness (QED) is 0.404. The van der Waals surface area contributed by atoms with E-state index in [-0.39, 0.29) is 12.5 Å². The van der Waals surface area contributed by atoms with Gasteiger partial charge in [-0.15, -0.1) is 0 Å². The molecule has 3 aromatic carbocycles. The predicted octanol–water partition coefficient (Wildman–Crippen LogP) is 3.88. The van der Waals surface area contributed by atoms with Crippen molar-refractivity contribution in [2.24, 2.45) is 0 Å². The molecule has 0 unspecified atom stereocenters. The van der Waals surface area contributed by atoms with Crippen LogP contribution >= 0.6 is 0 Å². The van der Waals surface area contributed by atoms with Gasteiger partial charge in [0.2, 0.25) is 0 Å². The molecule has 1 aromatic heterocycles. The van der Waals surface area contributed by atoms with Crippen molar-refractivity contribution >= 4 is 17.6 Å². The Morgan fingerprint density at radius 1 is 0.974 bits per heavy atom. The number of carbonyl (C=O) groups is 2. The topological polar surface area (TPSA) is 114 Å². The lowest BCUT2D eigenvalue weighted by molar-refractivity contribution is -0.139. The molecule has 192 valence electrons. The monoisotopic (exact) mass is 511 g/mol. The summed E-state index contributed by atoms with van der Waals surface area (Å²) in [5.41, 5.74) is 3.80. The van der Waals surface area contributed by atoms with E-state index in [1.807, 2.05) is 30.5 Å². The van der Waals surface area contributed by atoms with E-state index in [1.165, 1.54) is 0 Å². The lowest BCUT2D eigenvalue weighted by atomic mass is 9.79. The molecule has 0 bridgehead atoms. The van der Waals surface area contributed by atoms with Crippen molar-refractivity contribution in [2.75, 3.05) is 24.7 Å².